The molecule has 1 aliphatic rings. The lowest BCUT2D eigenvalue weighted by atomic mass is 10.1. The van der Waals surface area contributed by atoms with Crippen LogP contribution in [0.1, 0.15) is 32.8 Å². The van der Waals surface area contributed by atoms with Crippen molar-refractivity contribution in [1.82, 2.24) is 15.1 Å². The topological polar surface area (TPSA) is 52.7 Å². The highest BCUT2D eigenvalue weighted by Gasteiger charge is 2.33. The van der Waals surface area contributed by atoms with Crippen LogP contribution in [0.15, 0.2) is 24.3 Å². The van der Waals surface area contributed by atoms with Crippen molar-refractivity contribution in [2.45, 2.75) is 45.8 Å². The van der Waals surface area contributed by atoms with Crippen LogP contribution in [0.3, 0.4) is 0 Å². The Morgan fingerprint density at radius 2 is 2.21 bits per heavy atom. The number of nitrogens with one attached hydrogen (secondary N) is 1. The maximum atomic E-state index is 13.4. The Kier molecular flexibility index (Phi) is 6.31. The quantitative estimate of drug-likeness (QED) is 0.862. The number of hydrogen-bond donors (Lipinski definition) is 1. The molecule has 1 heterocycles. The molecule has 6 heteroatoms. The number of nitrogens with zero attached hydrogens (tertiary/aromatic N) is 2. The summed E-state index contributed by atoms with van der Waals surface area (Å²) in [5.41, 5.74) is 0.804. The highest BCUT2D eigenvalue weighted by Crippen LogP contribution is 2.16. The van der Waals surface area contributed by atoms with Crippen LogP contribution in [0, 0.1) is 5.82 Å². The first kappa shape index (κ1) is 18.4. The van der Waals surface area contributed by atoms with Crippen LogP contribution in [-0.4, -0.2) is 53.3 Å². The van der Waals surface area contributed by atoms with E-state index >= 15 is 0 Å². The zero-order valence-electron chi connectivity index (χ0n) is 14.6. The summed E-state index contributed by atoms with van der Waals surface area (Å²) < 4.78 is 13.4. The Morgan fingerprint density at radius 1 is 1.46 bits per heavy atom. The average molecular weight is 335 g/mol. The van der Waals surface area contributed by atoms with Gasteiger partial charge in [0.2, 0.25) is 11.8 Å². The van der Waals surface area contributed by atoms with E-state index in [1.54, 1.807) is 11.0 Å². The molecule has 1 atom stereocenters. The van der Waals surface area contributed by atoms with Gasteiger partial charge in [-0.1, -0.05) is 12.1 Å². The van der Waals surface area contributed by atoms with E-state index in [0.717, 1.165) is 5.56 Å². The SMILES string of the molecule is CCN(C(=O)C[C@@H]1C(=O)NCCN1Cc1cccc(F)c1)C(C)C. The molecule has 0 bridgehead atoms. The number of carbonyl (C=O) groups is 2. The van der Waals surface area contributed by atoms with E-state index in [9.17, 15) is 14.0 Å². The summed E-state index contributed by atoms with van der Waals surface area (Å²) in [6, 6.07) is 5.95. The highest BCUT2D eigenvalue weighted by atomic mass is 19.1. The summed E-state index contributed by atoms with van der Waals surface area (Å²) in [6.45, 7) is 8.13. The molecule has 2 amide bonds. The number of halogens is 1. The van der Waals surface area contributed by atoms with Gasteiger partial charge in [-0.25, -0.2) is 4.39 Å². The molecule has 2 rings (SSSR count). The zero-order chi connectivity index (χ0) is 17.7. The molecule has 1 aliphatic heterocycles. The van der Waals surface area contributed by atoms with Crippen LogP contribution in [-0.2, 0) is 16.1 Å². The monoisotopic (exact) mass is 335 g/mol. The number of benzene rings is 1. The van der Waals surface area contributed by atoms with Crippen molar-refractivity contribution in [1.29, 1.82) is 0 Å². The zero-order valence-corrected chi connectivity index (χ0v) is 14.6. The Balaban J connectivity index is 2.11. The Labute approximate surface area is 142 Å². The van der Waals surface area contributed by atoms with Crippen LogP contribution in [0.5, 0.6) is 0 Å². The Hall–Kier alpha value is -1.95. The summed E-state index contributed by atoms with van der Waals surface area (Å²) in [6.07, 6.45) is 0.146. The van der Waals surface area contributed by atoms with Gasteiger partial charge in [-0.3, -0.25) is 14.5 Å². The molecule has 1 saturated heterocycles. The lowest BCUT2D eigenvalue weighted by Crippen LogP contribution is -2.56. The summed E-state index contributed by atoms with van der Waals surface area (Å²) in [5.74, 6) is -0.455. The third-order valence-corrected chi connectivity index (χ3v) is 4.37. The molecule has 1 aromatic rings. The summed E-state index contributed by atoms with van der Waals surface area (Å²) >= 11 is 0. The molecule has 0 aliphatic carbocycles. The molecular weight excluding hydrogens is 309 g/mol. The summed E-state index contributed by atoms with van der Waals surface area (Å²) in [5, 5.41) is 2.83. The second-order valence-corrected chi connectivity index (χ2v) is 6.38. The summed E-state index contributed by atoms with van der Waals surface area (Å²) in [7, 11) is 0. The second kappa shape index (κ2) is 8.24. The molecule has 24 heavy (non-hydrogen) atoms. The fraction of sp³-hybridized carbons (Fsp3) is 0.556. The van der Waals surface area contributed by atoms with E-state index < -0.39 is 6.04 Å². The minimum absolute atomic E-state index is 0.0289. The molecule has 1 N–H and O–H groups in total. The first-order valence-corrected chi connectivity index (χ1v) is 8.48. The lowest BCUT2D eigenvalue weighted by Gasteiger charge is -2.36. The molecule has 0 aromatic heterocycles. The first-order valence-electron chi connectivity index (χ1n) is 8.48. The molecule has 1 aromatic carbocycles. The first-order chi connectivity index (χ1) is 11.4. The minimum atomic E-state index is -0.512. The maximum absolute atomic E-state index is 13.4. The largest absolute Gasteiger partial charge is 0.353 e. The summed E-state index contributed by atoms with van der Waals surface area (Å²) in [4.78, 5) is 28.5. The molecule has 132 valence electrons. The van der Waals surface area contributed by atoms with Gasteiger partial charge in [0.25, 0.3) is 0 Å². The predicted octanol–water partition coefficient (Wildman–Crippen LogP) is 1.77. The lowest BCUT2D eigenvalue weighted by molar-refractivity contribution is -0.140. The normalized spacial score (nSPS) is 18.5. The van der Waals surface area contributed by atoms with E-state index in [2.05, 4.69) is 5.32 Å². The number of piperazine rings is 1. The van der Waals surface area contributed by atoms with Gasteiger partial charge < -0.3 is 10.2 Å². The highest BCUT2D eigenvalue weighted by molar-refractivity contribution is 5.89. The van der Waals surface area contributed by atoms with Crippen molar-refractivity contribution >= 4 is 11.8 Å². The van der Waals surface area contributed by atoms with Crippen LogP contribution >= 0.6 is 0 Å². The van der Waals surface area contributed by atoms with Gasteiger partial charge in [0, 0.05) is 32.2 Å². The van der Waals surface area contributed by atoms with Gasteiger partial charge in [0.05, 0.1) is 12.5 Å². The van der Waals surface area contributed by atoms with Crippen molar-refractivity contribution in [3.8, 4) is 0 Å². The van der Waals surface area contributed by atoms with Gasteiger partial charge in [0.15, 0.2) is 0 Å². The maximum Gasteiger partial charge on any atom is 0.237 e. The van der Waals surface area contributed by atoms with Crippen LogP contribution < -0.4 is 5.32 Å². The Morgan fingerprint density at radius 3 is 2.83 bits per heavy atom. The van der Waals surface area contributed by atoms with Gasteiger partial charge in [-0.2, -0.15) is 0 Å². The van der Waals surface area contributed by atoms with Crippen molar-refractivity contribution in [3.63, 3.8) is 0 Å². The number of carbonyl (C=O) groups excluding carboxylic acids is 2. The van der Waals surface area contributed by atoms with Crippen molar-refractivity contribution < 1.29 is 14.0 Å². The van der Waals surface area contributed by atoms with E-state index in [4.69, 9.17) is 0 Å². The van der Waals surface area contributed by atoms with E-state index in [1.807, 2.05) is 31.7 Å². The fourth-order valence-corrected chi connectivity index (χ4v) is 3.16. The smallest absolute Gasteiger partial charge is 0.237 e. The van der Waals surface area contributed by atoms with Crippen molar-refractivity contribution in [2.24, 2.45) is 0 Å². The third-order valence-electron chi connectivity index (χ3n) is 4.37. The van der Waals surface area contributed by atoms with Crippen LogP contribution in [0.4, 0.5) is 4.39 Å². The van der Waals surface area contributed by atoms with E-state index in [0.29, 0.717) is 26.2 Å². The molecule has 1 fully saturated rings. The van der Waals surface area contributed by atoms with Gasteiger partial charge in [0.1, 0.15) is 5.82 Å². The Bertz CT molecular complexity index is 591. The molecule has 0 unspecified atom stereocenters. The molecular formula is C18H26FN3O2. The standard InChI is InChI=1S/C18H26FN3O2/c1-4-22(13(2)3)17(23)11-16-18(24)20-8-9-21(16)12-14-6-5-7-15(19)10-14/h5-7,10,13,16H,4,8-9,11-12H2,1-3H3,(H,20,24)/t16-/m1/s1. The van der Waals surface area contributed by atoms with Crippen molar-refractivity contribution in [2.75, 3.05) is 19.6 Å². The third kappa shape index (κ3) is 4.54. The van der Waals surface area contributed by atoms with Gasteiger partial charge >= 0.3 is 0 Å². The molecule has 0 spiro atoms. The predicted molar refractivity (Wildman–Crippen MR) is 90.7 cm³/mol. The number of hydrogen-bond acceptors (Lipinski definition) is 3. The average Bonchev–Trinajstić information content (AvgIpc) is 2.51. The van der Waals surface area contributed by atoms with Gasteiger partial charge in [-0.05, 0) is 38.5 Å². The number of rotatable bonds is 6. The van der Waals surface area contributed by atoms with E-state index in [1.165, 1.54) is 12.1 Å². The van der Waals surface area contributed by atoms with Crippen LogP contribution in [0.2, 0.25) is 0 Å². The van der Waals surface area contributed by atoms with Crippen LogP contribution in [0.25, 0.3) is 0 Å². The van der Waals surface area contributed by atoms with Gasteiger partial charge in [-0.15, -0.1) is 0 Å². The number of amides is 2. The molecule has 0 saturated carbocycles. The fourth-order valence-electron chi connectivity index (χ4n) is 3.16. The molecule has 0 radical (unpaired) electrons. The molecule has 5 nitrogen and oxygen atoms in total. The van der Waals surface area contributed by atoms with Crippen molar-refractivity contribution in [3.05, 3.63) is 35.6 Å². The van der Waals surface area contributed by atoms with E-state index in [-0.39, 0.29) is 30.1 Å². The second-order valence-electron chi connectivity index (χ2n) is 6.38. The minimum Gasteiger partial charge on any atom is -0.353 e.